The molecule has 4 rings (SSSR count). The van der Waals surface area contributed by atoms with Crippen molar-refractivity contribution in [3.8, 4) is 5.75 Å². The third kappa shape index (κ3) is 3.55. The number of ether oxygens (including phenoxy) is 1. The quantitative estimate of drug-likeness (QED) is 0.573. The molecule has 3 heterocycles. The summed E-state index contributed by atoms with van der Waals surface area (Å²) in [4.78, 5) is 21.8. The molecule has 8 heteroatoms. The maximum absolute atomic E-state index is 13.1. The Morgan fingerprint density at radius 1 is 1.41 bits per heavy atom. The number of hydrogen-bond donors (Lipinski definition) is 1. The number of rotatable bonds is 5. The molecule has 1 atom stereocenters. The van der Waals surface area contributed by atoms with Gasteiger partial charge in [-0.05, 0) is 37.1 Å². The van der Waals surface area contributed by atoms with Gasteiger partial charge in [0.15, 0.2) is 6.61 Å². The summed E-state index contributed by atoms with van der Waals surface area (Å²) in [5.41, 5.74) is 3.75. The normalized spacial score (nSPS) is 15.1. The van der Waals surface area contributed by atoms with E-state index in [1.165, 1.54) is 6.20 Å². The van der Waals surface area contributed by atoms with E-state index in [0.29, 0.717) is 23.0 Å². The van der Waals surface area contributed by atoms with Gasteiger partial charge in [-0.2, -0.15) is 0 Å². The molecule has 0 saturated carbocycles. The number of aryl methyl sites for hydroxylation is 1. The van der Waals surface area contributed by atoms with Gasteiger partial charge in [-0.3, -0.25) is 4.79 Å². The largest absolute Gasteiger partial charge is 0.487 e. The minimum Gasteiger partial charge on any atom is -0.487 e. The monoisotopic (exact) mass is 419 g/mol. The van der Waals surface area contributed by atoms with Gasteiger partial charge in [-0.25, -0.2) is 13.8 Å². The van der Waals surface area contributed by atoms with Crippen LogP contribution in [0.4, 0.5) is 8.78 Å². The van der Waals surface area contributed by atoms with Crippen LogP contribution in [-0.2, 0) is 6.54 Å². The molecule has 1 unspecified atom stereocenters. The second-order valence-electron chi connectivity index (χ2n) is 7.50. The van der Waals surface area contributed by atoms with Gasteiger partial charge in [-0.15, -0.1) is 0 Å². The Balaban J connectivity index is 1.64. The summed E-state index contributed by atoms with van der Waals surface area (Å²) in [7, 11) is 0. The van der Waals surface area contributed by atoms with Crippen molar-refractivity contribution in [3.63, 3.8) is 0 Å². The smallest absolute Gasteiger partial charge is 0.278 e. The highest BCUT2D eigenvalue weighted by Crippen LogP contribution is 2.37. The lowest BCUT2D eigenvalue weighted by atomic mass is 10.0. The molecular formula is C21H20ClF2N3O2. The second-order valence-corrected chi connectivity index (χ2v) is 7.86. The zero-order valence-electron chi connectivity index (χ0n) is 16.2. The van der Waals surface area contributed by atoms with Crippen molar-refractivity contribution in [1.82, 2.24) is 14.9 Å². The third-order valence-corrected chi connectivity index (χ3v) is 5.56. The number of fused-ring (bicyclic) bond motifs is 2. The van der Waals surface area contributed by atoms with Gasteiger partial charge >= 0.3 is 0 Å². The van der Waals surface area contributed by atoms with E-state index >= 15 is 0 Å². The zero-order chi connectivity index (χ0) is 20.9. The van der Waals surface area contributed by atoms with Crippen molar-refractivity contribution in [2.45, 2.75) is 39.3 Å². The molecule has 0 spiro atoms. The molecule has 2 aromatic heterocycles. The second kappa shape index (κ2) is 6.99. The number of pyridine rings is 1. The van der Waals surface area contributed by atoms with Crippen LogP contribution in [0.3, 0.4) is 0 Å². The Bertz CT molecular complexity index is 1110. The number of carbonyl (C=O) groups is 1. The summed E-state index contributed by atoms with van der Waals surface area (Å²) in [5.74, 6) is -2.59. The highest BCUT2D eigenvalue weighted by Gasteiger charge is 2.34. The highest BCUT2D eigenvalue weighted by molar-refractivity contribution is 6.30. The van der Waals surface area contributed by atoms with Gasteiger partial charge in [0.1, 0.15) is 10.9 Å². The summed E-state index contributed by atoms with van der Waals surface area (Å²) in [5, 5.41) is 1.26. The van der Waals surface area contributed by atoms with Crippen LogP contribution in [0.15, 0.2) is 30.6 Å². The summed E-state index contributed by atoms with van der Waals surface area (Å²) in [6.45, 7) is 4.29. The topological polar surface area (TPSA) is 58.2 Å². The Morgan fingerprint density at radius 3 is 2.86 bits per heavy atom. The van der Waals surface area contributed by atoms with E-state index in [1.807, 2.05) is 26.1 Å². The lowest BCUT2D eigenvalue weighted by Gasteiger charge is -2.24. The van der Waals surface area contributed by atoms with Crippen LogP contribution < -0.4 is 4.74 Å². The van der Waals surface area contributed by atoms with E-state index in [2.05, 4.69) is 9.97 Å². The standard InChI is InChI=1S/C21H20ClF2N3O2/c1-11-6-14-15(8-26-17(14)7-18(11)29-10-21(3,23)24)12(2)27-9-16-13(20(27)28)4-5-25-19(16)22/h4-8,12,26H,9-10H2,1-3H3. The average molecular weight is 420 g/mol. The number of H-pyrrole nitrogens is 1. The first kappa shape index (κ1) is 19.6. The van der Waals surface area contributed by atoms with Crippen LogP contribution in [0.25, 0.3) is 10.9 Å². The number of aromatic nitrogens is 2. The van der Waals surface area contributed by atoms with E-state index in [9.17, 15) is 13.6 Å². The fourth-order valence-corrected chi connectivity index (χ4v) is 3.90. The van der Waals surface area contributed by atoms with Crippen LogP contribution >= 0.6 is 11.6 Å². The molecule has 0 fully saturated rings. The molecule has 0 saturated heterocycles. The molecule has 152 valence electrons. The predicted molar refractivity (Wildman–Crippen MR) is 107 cm³/mol. The third-order valence-electron chi connectivity index (χ3n) is 5.23. The van der Waals surface area contributed by atoms with Crippen molar-refractivity contribution in [1.29, 1.82) is 0 Å². The first-order chi connectivity index (χ1) is 13.7. The van der Waals surface area contributed by atoms with E-state index in [1.54, 1.807) is 17.0 Å². The van der Waals surface area contributed by atoms with Crippen molar-refractivity contribution < 1.29 is 18.3 Å². The predicted octanol–water partition coefficient (Wildman–Crippen LogP) is 5.28. The molecular weight excluding hydrogens is 400 g/mol. The van der Waals surface area contributed by atoms with Crippen LogP contribution in [0, 0.1) is 6.92 Å². The molecule has 3 aromatic rings. The fraction of sp³-hybridized carbons (Fsp3) is 0.333. The van der Waals surface area contributed by atoms with Crippen molar-refractivity contribution >= 4 is 28.4 Å². The van der Waals surface area contributed by atoms with Gasteiger partial charge < -0.3 is 14.6 Å². The van der Waals surface area contributed by atoms with Gasteiger partial charge in [0.2, 0.25) is 0 Å². The number of carbonyl (C=O) groups excluding carboxylic acids is 1. The molecule has 5 nitrogen and oxygen atoms in total. The van der Waals surface area contributed by atoms with Gasteiger partial charge in [0.25, 0.3) is 11.8 Å². The van der Waals surface area contributed by atoms with Crippen molar-refractivity contribution in [2.75, 3.05) is 6.61 Å². The SMILES string of the molecule is Cc1cc2c(C(C)N3Cc4c(ccnc4Cl)C3=O)c[nH]c2cc1OCC(C)(F)F. The van der Waals surface area contributed by atoms with Crippen LogP contribution in [0.2, 0.25) is 5.15 Å². The molecule has 0 radical (unpaired) electrons. The molecule has 29 heavy (non-hydrogen) atoms. The maximum Gasteiger partial charge on any atom is 0.278 e. The van der Waals surface area contributed by atoms with Crippen LogP contribution in [0.5, 0.6) is 5.75 Å². The summed E-state index contributed by atoms with van der Waals surface area (Å²) >= 11 is 6.16. The average Bonchev–Trinajstić information content (AvgIpc) is 3.21. The Labute approximate surface area is 171 Å². The first-order valence-corrected chi connectivity index (χ1v) is 9.60. The minimum atomic E-state index is -2.90. The van der Waals surface area contributed by atoms with Crippen molar-refractivity contribution in [2.24, 2.45) is 0 Å². The fourth-order valence-electron chi connectivity index (χ4n) is 3.68. The number of nitrogens with zero attached hydrogens (tertiary/aromatic N) is 2. The van der Waals surface area contributed by atoms with E-state index in [0.717, 1.165) is 34.5 Å². The zero-order valence-corrected chi connectivity index (χ0v) is 17.0. The number of amides is 1. The Morgan fingerprint density at radius 2 is 2.17 bits per heavy atom. The van der Waals surface area contributed by atoms with Gasteiger partial charge in [0.05, 0.1) is 12.6 Å². The summed E-state index contributed by atoms with van der Waals surface area (Å²) < 4.78 is 31.6. The van der Waals surface area contributed by atoms with Crippen molar-refractivity contribution in [3.05, 3.63) is 58.0 Å². The van der Waals surface area contributed by atoms with E-state index < -0.39 is 12.5 Å². The van der Waals surface area contributed by atoms with E-state index in [4.69, 9.17) is 16.3 Å². The lowest BCUT2D eigenvalue weighted by Crippen LogP contribution is -2.27. The number of hydrogen-bond acceptors (Lipinski definition) is 3. The summed E-state index contributed by atoms with van der Waals surface area (Å²) in [6, 6.07) is 5.07. The molecule has 0 aliphatic carbocycles. The maximum atomic E-state index is 13.1. The molecule has 1 aliphatic rings. The Kier molecular flexibility index (Phi) is 4.73. The van der Waals surface area contributed by atoms with E-state index in [-0.39, 0.29) is 11.9 Å². The molecule has 0 bridgehead atoms. The van der Waals surface area contributed by atoms with Crippen LogP contribution in [0.1, 0.15) is 46.9 Å². The van der Waals surface area contributed by atoms with Crippen LogP contribution in [-0.4, -0.2) is 33.3 Å². The number of halogens is 3. The lowest BCUT2D eigenvalue weighted by molar-refractivity contribution is -0.0231. The Hall–Kier alpha value is -2.67. The molecule has 1 amide bonds. The molecule has 1 N–H and O–H groups in total. The van der Waals surface area contributed by atoms with Gasteiger partial charge in [-0.1, -0.05) is 11.6 Å². The first-order valence-electron chi connectivity index (χ1n) is 9.22. The molecule has 1 aliphatic heterocycles. The number of aromatic amines is 1. The number of benzene rings is 1. The summed E-state index contributed by atoms with van der Waals surface area (Å²) in [6.07, 6.45) is 3.37. The molecule has 1 aromatic carbocycles. The minimum absolute atomic E-state index is 0.0898. The highest BCUT2D eigenvalue weighted by atomic mass is 35.5. The number of nitrogens with one attached hydrogen (secondary N) is 1. The van der Waals surface area contributed by atoms with Gasteiger partial charge in [0, 0.05) is 47.4 Å². The number of alkyl halides is 2.